The van der Waals surface area contributed by atoms with Crippen molar-refractivity contribution in [2.24, 2.45) is 0 Å². The third-order valence-corrected chi connectivity index (χ3v) is 4.30. The van der Waals surface area contributed by atoms with Crippen LogP contribution in [-0.2, 0) is 13.0 Å². The van der Waals surface area contributed by atoms with E-state index in [1.165, 1.54) is 12.1 Å². The largest absolute Gasteiger partial charge is 0.493 e. The molecular formula is C20H20ClFN2O3. The van der Waals surface area contributed by atoms with E-state index in [-0.39, 0.29) is 5.82 Å². The minimum absolute atomic E-state index is 0.287. The maximum absolute atomic E-state index is 13.0. The van der Waals surface area contributed by atoms with Gasteiger partial charge < -0.3 is 19.2 Å². The zero-order valence-corrected chi connectivity index (χ0v) is 15.8. The fraction of sp³-hybridized carbons (Fsp3) is 0.250. The topological polar surface area (TPSA) is 56.5 Å². The molecule has 142 valence electrons. The maximum Gasteiger partial charge on any atom is 0.226 e. The van der Waals surface area contributed by atoms with Gasteiger partial charge in [-0.25, -0.2) is 9.37 Å². The minimum Gasteiger partial charge on any atom is -0.493 e. The molecule has 1 N–H and O–H groups in total. The fourth-order valence-electron chi connectivity index (χ4n) is 2.67. The number of rotatable bonds is 8. The number of oxazole rings is 1. The molecule has 2 aromatic carbocycles. The summed E-state index contributed by atoms with van der Waals surface area (Å²) in [6.45, 7) is 1.34. The fourth-order valence-corrected chi connectivity index (χ4v) is 2.98. The Morgan fingerprint density at radius 2 is 1.93 bits per heavy atom. The lowest BCUT2D eigenvalue weighted by Crippen LogP contribution is -2.17. The molecule has 0 saturated heterocycles. The molecule has 0 bridgehead atoms. The van der Waals surface area contributed by atoms with Crippen LogP contribution in [0, 0.1) is 5.82 Å². The standard InChI is InChI=1S/C20H20ClFN2O3/c1-25-18-10-13(9-17(21)19(18)26-2)11-23-8-7-16-12-27-20(24-16)14-3-5-15(22)6-4-14/h3-6,9-10,12,23H,7-8,11H2,1-2H3. The van der Waals surface area contributed by atoms with E-state index >= 15 is 0 Å². The molecule has 0 radical (unpaired) electrons. The summed E-state index contributed by atoms with van der Waals surface area (Å²) in [4.78, 5) is 4.43. The van der Waals surface area contributed by atoms with Crippen LogP contribution >= 0.6 is 11.6 Å². The Hall–Kier alpha value is -2.57. The number of hydrogen-bond donors (Lipinski definition) is 1. The van der Waals surface area contributed by atoms with Gasteiger partial charge in [-0.3, -0.25) is 0 Å². The molecule has 0 saturated carbocycles. The van der Waals surface area contributed by atoms with Gasteiger partial charge in [-0.15, -0.1) is 0 Å². The van der Waals surface area contributed by atoms with E-state index in [1.54, 1.807) is 32.6 Å². The average molecular weight is 391 g/mol. The molecule has 3 rings (SSSR count). The molecule has 3 aromatic rings. The summed E-state index contributed by atoms with van der Waals surface area (Å²) in [5.41, 5.74) is 2.56. The van der Waals surface area contributed by atoms with Gasteiger partial charge in [-0.2, -0.15) is 0 Å². The van der Waals surface area contributed by atoms with Crippen LogP contribution < -0.4 is 14.8 Å². The predicted octanol–water partition coefficient (Wildman–Crippen LogP) is 4.48. The molecular weight excluding hydrogens is 371 g/mol. The summed E-state index contributed by atoms with van der Waals surface area (Å²) in [6.07, 6.45) is 2.32. The first-order valence-corrected chi connectivity index (χ1v) is 8.80. The lowest BCUT2D eigenvalue weighted by molar-refractivity contribution is 0.354. The number of nitrogens with one attached hydrogen (secondary N) is 1. The highest BCUT2D eigenvalue weighted by Gasteiger charge is 2.11. The second kappa shape index (κ2) is 8.88. The second-order valence-corrected chi connectivity index (χ2v) is 6.30. The van der Waals surface area contributed by atoms with Crippen LogP contribution in [0.1, 0.15) is 11.3 Å². The van der Waals surface area contributed by atoms with Gasteiger partial charge in [-0.1, -0.05) is 11.6 Å². The molecule has 27 heavy (non-hydrogen) atoms. The number of hydrogen-bond acceptors (Lipinski definition) is 5. The van der Waals surface area contributed by atoms with Crippen LogP contribution in [0.15, 0.2) is 47.1 Å². The molecule has 1 aromatic heterocycles. The Labute approximate surface area is 162 Å². The van der Waals surface area contributed by atoms with Gasteiger partial charge in [0.2, 0.25) is 5.89 Å². The van der Waals surface area contributed by atoms with Crippen LogP contribution in [0.2, 0.25) is 5.02 Å². The molecule has 0 aliphatic heterocycles. The highest BCUT2D eigenvalue weighted by atomic mass is 35.5. The summed E-state index contributed by atoms with van der Waals surface area (Å²) in [6, 6.07) is 9.79. The third kappa shape index (κ3) is 4.78. The highest BCUT2D eigenvalue weighted by molar-refractivity contribution is 6.32. The van der Waals surface area contributed by atoms with E-state index in [2.05, 4.69) is 10.3 Å². The van der Waals surface area contributed by atoms with Gasteiger partial charge in [0.15, 0.2) is 11.5 Å². The third-order valence-electron chi connectivity index (χ3n) is 4.02. The zero-order chi connectivity index (χ0) is 19.2. The highest BCUT2D eigenvalue weighted by Crippen LogP contribution is 2.35. The van der Waals surface area contributed by atoms with Gasteiger partial charge >= 0.3 is 0 Å². The van der Waals surface area contributed by atoms with Gasteiger partial charge in [0.25, 0.3) is 0 Å². The van der Waals surface area contributed by atoms with Gasteiger partial charge in [-0.05, 0) is 42.0 Å². The van der Waals surface area contributed by atoms with Crippen molar-refractivity contribution in [3.63, 3.8) is 0 Å². The summed E-state index contributed by atoms with van der Waals surface area (Å²) >= 11 is 6.21. The van der Waals surface area contributed by atoms with Crippen molar-refractivity contribution in [1.29, 1.82) is 0 Å². The van der Waals surface area contributed by atoms with Crippen LogP contribution in [0.5, 0.6) is 11.5 Å². The van der Waals surface area contributed by atoms with E-state index in [0.29, 0.717) is 41.9 Å². The van der Waals surface area contributed by atoms with Crippen molar-refractivity contribution in [1.82, 2.24) is 10.3 Å². The number of nitrogens with zero attached hydrogens (tertiary/aromatic N) is 1. The van der Waals surface area contributed by atoms with Crippen molar-refractivity contribution in [2.45, 2.75) is 13.0 Å². The maximum atomic E-state index is 13.0. The predicted molar refractivity (Wildman–Crippen MR) is 102 cm³/mol. The van der Waals surface area contributed by atoms with E-state index in [4.69, 9.17) is 25.5 Å². The molecule has 0 unspecified atom stereocenters. The molecule has 5 nitrogen and oxygen atoms in total. The summed E-state index contributed by atoms with van der Waals surface area (Å²) in [7, 11) is 3.13. The first-order valence-electron chi connectivity index (χ1n) is 8.42. The van der Waals surface area contributed by atoms with Gasteiger partial charge in [0, 0.05) is 25.1 Å². The van der Waals surface area contributed by atoms with Crippen molar-refractivity contribution >= 4 is 11.6 Å². The number of benzene rings is 2. The van der Waals surface area contributed by atoms with E-state index in [1.807, 2.05) is 12.1 Å². The smallest absolute Gasteiger partial charge is 0.226 e. The zero-order valence-electron chi connectivity index (χ0n) is 15.1. The molecule has 1 heterocycles. The van der Waals surface area contributed by atoms with Crippen LogP contribution in [0.25, 0.3) is 11.5 Å². The first-order chi connectivity index (χ1) is 13.1. The van der Waals surface area contributed by atoms with Crippen LogP contribution in [0.4, 0.5) is 4.39 Å². The Bertz CT molecular complexity index is 897. The lowest BCUT2D eigenvalue weighted by Gasteiger charge is -2.12. The minimum atomic E-state index is -0.287. The lowest BCUT2D eigenvalue weighted by atomic mass is 10.2. The molecule has 0 spiro atoms. The molecule has 0 atom stereocenters. The van der Waals surface area contributed by atoms with Crippen molar-refractivity contribution in [2.75, 3.05) is 20.8 Å². The number of ether oxygens (including phenoxy) is 2. The summed E-state index contributed by atoms with van der Waals surface area (Å²) < 4.78 is 29.0. The van der Waals surface area contributed by atoms with Gasteiger partial charge in [0.1, 0.15) is 12.1 Å². The Balaban J connectivity index is 1.54. The van der Waals surface area contributed by atoms with Crippen LogP contribution in [-0.4, -0.2) is 25.7 Å². The Kier molecular flexibility index (Phi) is 6.32. The van der Waals surface area contributed by atoms with E-state index in [0.717, 1.165) is 16.8 Å². The number of methoxy groups -OCH3 is 2. The van der Waals surface area contributed by atoms with Crippen LogP contribution in [0.3, 0.4) is 0 Å². The molecule has 0 amide bonds. The normalized spacial score (nSPS) is 10.8. The SMILES string of the molecule is COc1cc(CNCCc2coc(-c3ccc(F)cc3)n2)cc(Cl)c1OC. The van der Waals surface area contributed by atoms with Crippen molar-refractivity contribution in [3.8, 4) is 23.0 Å². The van der Waals surface area contributed by atoms with E-state index in [9.17, 15) is 4.39 Å². The average Bonchev–Trinajstić information content (AvgIpc) is 3.14. The monoisotopic (exact) mass is 390 g/mol. The molecule has 0 aliphatic carbocycles. The second-order valence-electron chi connectivity index (χ2n) is 5.89. The van der Waals surface area contributed by atoms with Gasteiger partial charge in [0.05, 0.1) is 24.9 Å². The number of aromatic nitrogens is 1. The summed E-state index contributed by atoms with van der Waals surface area (Å²) in [5, 5.41) is 3.84. The molecule has 0 fully saturated rings. The molecule has 7 heteroatoms. The first kappa shape index (κ1) is 19.2. The number of halogens is 2. The summed E-state index contributed by atoms with van der Waals surface area (Å²) in [5.74, 6) is 1.32. The van der Waals surface area contributed by atoms with E-state index < -0.39 is 0 Å². The van der Waals surface area contributed by atoms with Crippen molar-refractivity contribution < 1.29 is 18.3 Å². The van der Waals surface area contributed by atoms with Crippen molar-refractivity contribution in [3.05, 3.63) is 64.8 Å². The quantitative estimate of drug-likeness (QED) is 0.574. The Morgan fingerprint density at radius 3 is 2.63 bits per heavy atom. The molecule has 0 aliphatic rings. The Morgan fingerprint density at radius 1 is 1.15 bits per heavy atom.